The second-order valence-corrected chi connectivity index (χ2v) is 2.42. The van der Waals surface area contributed by atoms with Crippen molar-refractivity contribution in [3.63, 3.8) is 0 Å². The molecule has 0 heterocycles. The van der Waals surface area contributed by atoms with Crippen LogP contribution in [0.4, 0.5) is 0 Å². The normalized spacial score (nSPS) is 16.2. The molecule has 2 unspecified atom stereocenters. The molecule has 0 aliphatic heterocycles. The second kappa shape index (κ2) is 6.72. The first-order valence-electron chi connectivity index (χ1n) is 1.22. The molecule has 0 bridgehead atoms. The van der Waals surface area contributed by atoms with E-state index >= 15 is 0 Å². The number of hydrogen-bond acceptors (Lipinski definition) is 5. The van der Waals surface area contributed by atoms with E-state index in [1.165, 1.54) is 0 Å². The summed E-state index contributed by atoms with van der Waals surface area (Å²) in [5.74, 6) is 0. The quantitative estimate of drug-likeness (QED) is 0.370. The minimum absolute atomic E-state index is 0. The van der Waals surface area contributed by atoms with Gasteiger partial charge >= 0.3 is 37.7 Å². The maximum absolute atomic E-state index is 9.29. The van der Waals surface area contributed by atoms with E-state index in [0.29, 0.717) is 0 Å². The van der Waals surface area contributed by atoms with Crippen molar-refractivity contribution in [1.29, 1.82) is 0 Å². The number of hydrogen-bond donors (Lipinski definition) is 0. The van der Waals surface area contributed by atoms with Gasteiger partial charge in [0.25, 0.3) is 0 Å². The molecule has 0 aromatic carbocycles. The topological polar surface area (TPSA) is 89.5 Å². The molecule has 0 aromatic heterocycles. The van der Waals surface area contributed by atoms with E-state index in [-0.39, 0.29) is 37.7 Å². The van der Waals surface area contributed by atoms with E-state index in [2.05, 4.69) is 4.31 Å². The predicted molar refractivity (Wildman–Crippen MR) is 24.8 cm³/mol. The molecule has 5 nitrogen and oxygen atoms in total. The molecule has 0 rings (SSSR count). The van der Waals surface area contributed by atoms with Crippen LogP contribution in [0.1, 0.15) is 0 Å². The van der Waals surface area contributed by atoms with Gasteiger partial charge in [-0.3, -0.25) is 4.31 Å². The summed E-state index contributed by atoms with van der Waals surface area (Å²) < 4.78 is 21.8. The summed E-state index contributed by atoms with van der Waals surface area (Å²) in [5.41, 5.74) is 0. The van der Waals surface area contributed by atoms with Crippen molar-refractivity contribution in [2.75, 3.05) is 0 Å². The van der Waals surface area contributed by atoms with Crippen LogP contribution in [0.2, 0.25) is 0 Å². The molecule has 0 N–H and O–H groups in total. The Balaban J connectivity index is 0. The molecular weight excluding hydrogens is 182 g/mol. The van der Waals surface area contributed by atoms with Gasteiger partial charge in [0.1, 0.15) is 16.5 Å². The Hall–Kier alpha value is 1.60. The van der Waals surface area contributed by atoms with E-state index in [1.807, 2.05) is 0 Å². The maximum atomic E-state index is 9.29. The van der Waals surface area contributed by atoms with Crippen LogP contribution in [0.25, 0.3) is 0 Å². The molecule has 44 valence electrons. The van der Waals surface area contributed by atoms with Crippen molar-refractivity contribution in [2.24, 2.45) is 0 Å². The van der Waals surface area contributed by atoms with Crippen molar-refractivity contribution in [3.05, 3.63) is 0 Å². The third-order valence-electron chi connectivity index (χ3n) is 0.167. The van der Waals surface area contributed by atoms with Crippen LogP contribution in [-0.2, 0) is 13.4 Å². The smallest absolute Gasteiger partial charge is 0.781 e. The largest absolute Gasteiger partial charge is 2.00 e. The molecule has 0 saturated carbocycles. The Morgan fingerprint density at radius 1 is 1.12 bits per heavy atom. The molecule has 8 heavy (non-hydrogen) atoms. The van der Waals surface area contributed by atoms with Crippen molar-refractivity contribution < 1.29 is 23.2 Å². The van der Waals surface area contributed by atoms with Crippen LogP contribution in [0.15, 0.2) is 0 Å². The summed E-state index contributed by atoms with van der Waals surface area (Å²) in [6.07, 6.45) is 0. The Morgan fingerprint density at radius 3 is 1.38 bits per heavy atom. The Labute approximate surface area is 76.9 Å². The van der Waals surface area contributed by atoms with Gasteiger partial charge in [0, 0.05) is 0 Å². The van der Waals surface area contributed by atoms with Gasteiger partial charge in [-0.15, -0.1) is 0 Å². The SMILES string of the molecule is O=[PH]([O-])O[PH](=O)[O-].[Ca+2]. The van der Waals surface area contributed by atoms with Crippen LogP contribution in [0.5, 0.6) is 0 Å². The average Bonchev–Trinajstić information content (AvgIpc) is 1.27. The standard InChI is InChI=1S/Ca.H4O5P2/c;1-6(2)5-7(3)4/h;6-7H,(H,1,2)(H,3,4)/q+2;/p-2. The molecule has 0 fully saturated rings. The Kier molecular flexibility index (Phi) is 10.3. The Bertz CT molecular complexity index is 86.6. The average molecular weight is 184 g/mol. The molecule has 0 spiro atoms. The molecule has 0 radical (unpaired) electrons. The number of rotatable bonds is 2. The zero-order valence-electron chi connectivity index (χ0n) is 3.75. The first-order valence-corrected chi connectivity index (χ1v) is 3.67. The van der Waals surface area contributed by atoms with Crippen LogP contribution in [-0.4, -0.2) is 37.7 Å². The summed E-state index contributed by atoms with van der Waals surface area (Å²) >= 11 is 0. The molecule has 0 aromatic rings. The first kappa shape index (κ1) is 12.3. The monoisotopic (exact) mass is 184 g/mol. The van der Waals surface area contributed by atoms with Gasteiger partial charge in [-0.1, -0.05) is 0 Å². The van der Waals surface area contributed by atoms with E-state index in [0.717, 1.165) is 0 Å². The van der Waals surface area contributed by atoms with Gasteiger partial charge in [-0.2, -0.15) is 0 Å². The third-order valence-corrected chi connectivity index (χ3v) is 1.50. The van der Waals surface area contributed by atoms with Crippen molar-refractivity contribution in [1.82, 2.24) is 0 Å². The fraction of sp³-hybridized carbons (Fsp3) is 0. The molecule has 0 saturated heterocycles. The molecule has 0 aliphatic carbocycles. The van der Waals surface area contributed by atoms with Gasteiger partial charge in [-0.25, -0.2) is 0 Å². The van der Waals surface area contributed by atoms with Gasteiger partial charge < -0.3 is 18.9 Å². The molecule has 2 atom stereocenters. The van der Waals surface area contributed by atoms with Gasteiger partial charge in [0.15, 0.2) is 0 Å². The second-order valence-electron chi connectivity index (χ2n) is 0.602. The summed E-state index contributed by atoms with van der Waals surface area (Å²) in [6.45, 7) is 0. The minimum Gasteiger partial charge on any atom is -0.781 e. The molecule has 8 heteroatoms. The van der Waals surface area contributed by atoms with Gasteiger partial charge in [0.05, 0.1) is 0 Å². The van der Waals surface area contributed by atoms with Gasteiger partial charge in [-0.05, 0) is 0 Å². The Morgan fingerprint density at radius 2 is 1.38 bits per heavy atom. The van der Waals surface area contributed by atoms with Crippen molar-refractivity contribution >= 4 is 54.2 Å². The van der Waals surface area contributed by atoms with Crippen LogP contribution >= 0.6 is 16.5 Å². The van der Waals surface area contributed by atoms with E-state index in [1.54, 1.807) is 0 Å². The summed E-state index contributed by atoms with van der Waals surface area (Å²) in [4.78, 5) is 18.6. The van der Waals surface area contributed by atoms with E-state index < -0.39 is 16.5 Å². The summed E-state index contributed by atoms with van der Waals surface area (Å²) in [6, 6.07) is 0. The molecule has 0 aliphatic rings. The third kappa shape index (κ3) is 10.6. The predicted octanol–water partition coefficient (Wildman–Crippen LogP) is -1.88. The molecule has 0 amide bonds. The van der Waals surface area contributed by atoms with Crippen molar-refractivity contribution in [3.8, 4) is 0 Å². The maximum Gasteiger partial charge on any atom is 2.00 e. The zero-order chi connectivity index (χ0) is 5.86. The first-order chi connectivity index (χ1) is 3.13. The minimum atomic E-state index is -3.51. The van der Waals surface area contributed by atoms with Crippen LogP contribution in [0, 0.1) is 0 Å². The van der Waals surface area contributed by atoms with Crippen LogP contribution < -0.4 is 9.79 Å². The fourth-order valence-electron chi connectivity index (χ4n) is 0.0680. The van der Waals surface area contributed by atoms with Crippen LogP contribution in [0.3, 0.4) is 0 Å². The summed E-state index contributed by atoms with van der Waals surface area (Å²) in [5, 5.41) is 0. The summed E-state index contributed by atoms with van der Waals surface area (Å²) in [7, 11) is -7.03. The van der Waals surface area contributed by atoms with E-state index in [4.69, 9.17) is 0 Å². The fourth-order valence-corrected chi connectivity index (χ4v) is 0.612. The van der Waals surface area contributed by atoms with E-state index in [9.17, 15) is 18.9 Å². The van der Waals surface area contributed by atoms with Crippen molar-refractivity contribution in [2.45, 2.75) is 0 Å². The molecular formula is H2CaO5P2. The zero-order valence-corrected chi connectivity index (χ0v) is 7.96. The van der Waals surface area contributed by atoms with Gasteiger partial charge in [0.2, 0.25) is 0 Å².